The number of hydrogen-bond acceptors (Lipinski definition) is 6. The topological polar surface area (TPSA) is 101 Å². The van der Waals surface area contributed by atoms with Gasteiger partial charge in [-0.25, -0.2) is 13.1 Å². The fourth-order valence-corrected chi connectivity index (χ4v) is 3.24. The zero-order valence-corrected chi connectivity index (χ0v) is 11.0. The second kappa shape index (κ2) is 5.54. The molecule has 0 fully saturated rings. The zero-order chi connectivity index (χ0) is 13.1. The molecule has 0 aliphatic carbocycles. The van der Waals surface area contributed by atoms with Crippen LogP contribution in [-0.2, 0) is 10.0 Å². The van der Waals surface area contributed by atoms with Gasteiger partial charge in [0.15, 0.2) is 0 Å². The van der Waals surface area contributed by atoms with E-state index in [1.807, 2.05) is 6.92 Å². The first-order chi connectivity index (χ1) is 7.86. The molecule has 2 N–H and O–H groups in total. The number of nitro groups is 1. The van der Waals surface area contributed by atoms with Crippen LogP contribution < -0.4 is 10.0 Å². The van der Waals surface area contributed by atoms with Crippen molar-refractivity contribution in [3.8, 4) is 0 Å². The van der Waals surface area contributed by atoms with Crippen molar-refractivity contribution in [3.63, 3.8) is 0 Å². The number of sulfonamides is 1. The maximum absolute atomic E-state index is 11.7. The van der Waals surface area contributed by atoms with Gasteiger partial charge in [-0.3, -0.25) is 10.1 Å². The quantitative estimate of drug-likeness (QED) is 0.584. The molecule has 1 unspecified atom stereocenters. The number of nitrogens with zero attached hydrogens (tertiary/aromatic N) is 1. The summed E-state index contributed by atoms with van der Waals surface area (Å²) in [7, 11) is -1.94. The van der Waals surface area contributed by atoms with Gasteiger partial charge in [0.25, 0.3) is 0 Å². The molecule has 7 nitrogen and oxygen atoms in total. The van der Waals surface area contributed by atoms with Crippen LogP contribution in [0.5, 0.6) is 0 Å². The average Bonchev–Trinajstić information content (AvgIpc) is 2.76. The lowest BCUT2D eigenvalue weighted by Gasteiger charge is -2.10. The van der Waals surface area contributed by atoms with E-state index < -0.39 is 14.9 Å². The van der Waals surface area contributed by atoms with E-state index in [1.54, 1.807) is 7.05 Å². The first-order valence-electron chi connectivity index (χ1n) is 4.78. The van der Waals surface area contributed by atoms with Crippen molar-refractivity contribution in [2.24, 2.45) is 0 Å². The molecule has 1 rings (SSSR count). The summed E-state index contributed by atoms with van der Waals surface area (Å²) < 4.78 is 25.8. The summed E-state index contributed by atoms with van der Waals surface area (Å²) in [5.41, 5.74) is 0. The summed E-state index contributed by atoms with van der Waals surface area (Å²) in [5.74, 6) is 0. The van der Waals surface area contributed by atoms with Crippen molar-refractivity contribution < 1.29 is 13.3 Å². The molecule has 0 aliphatic heterocycles. The second-order valence-electron chi connectivity index (χ2n) is 3.39. The normalized spacial score (nSPS) is 13.5. The highest BCUT2D eigenvalue weighted by Gasteiger charge is 2.20. The molecule has 0 amide bonds. The molecule has 0 aromatic carbocycles. The fourth-order valence-electron chi connectivity index (χ4n) is 0.961. The number of thiophene rings is 1. The van der Waals surface area contributed by atoms with E-state index in [1.165, 1.54) is 12.1 Å². The number of rotatable bonds is 6. The average molecular weight is 279 g/mol. The van der Waals surface area contributed by atoms with Crippen LogP contribution in [-0.4, -0.2) is 33.0 Å². The first-order valence-corrected chi connectivity index (χ1v) is 7.08. The zero-order valence-electron chi connectivity index (χ0n) is 9.34. The lowest BCUT2D eigenvalue weighted by Crippen LogP contribution is -2.36. The maximum atomic E-state index is 11.7. The number of likely N-dealkylation sites (N-methyl/N-ethyl adjacent to an activating group) is 1. The van der Waals surface area contributed by atoms with Crippen LogP contribution in [0.25, 0.3) is 0 Å². The van der Waals surface area contributed by atoms with Gasteiger partial charge >= 0.3 is 5.00 Å². The lowest BCUT2D eigenvalue weighted by molar-refractivity contribution is -0.380. The van der Waals surface area contributed by atoms with E-state index in [0.717, 1.165) is 0 Å². The van der Waals surface area contributed by atoms with Crippen molar-refractivity contribution in [2.75, 3.05) is 13.6 Å². The highest BCUT2D eigenvalue weighted by Crippen LogP contribution is 2.27. The SMILES string of the molecule is CNC(C)CNS(=O)(=O)c1ccc([N+](=O)[O-])s1. The molecule has 1 heterocycles. The summed E-state index contributed by atoms with van der Waals surface area (Å²) in [4.78, 5) is 9.83. The first kappa shape index (κ1) is 14.0. The predicted molar refractivity (Wildman–Crippen MR) is 64.7 cm³/mol. The molecule has 0 saturated heterocycles. The van der Waals surface area contributed by atoms with Gasteiger partial charge in [0.2, 0.25) is 10.0 Å². The van der Waals surface area contributed by atoms with E-state index >= 15 is 0 Å². The third-order valence-corrected chi connectivity index (χ3v) is 5.04. The lowest BCUT2D eigenvalue weighted by atomic mass is 10.4. The third kappa shape index (κ3) is 3.73. The summed E-state index contributed by atoms with van der Waals surface area (Å²) in [6.45, 7) is 2.05. The second-order valence-corrected chi connectivity index (χ2v) is 6.45. The fraction of sp³-hybridized carbons (Fsp3) is 0.500. The molecular weight excluding hydrogens is 266 g/mol. The molecule has 1 atom stereocenters. The third-order valence-electron chi connectivity index (χ3n) is 2.08. The van der Waals surface area contributed by atoms with Gasteiger partial charge in [0, 0.05) is 18.7 Å². The number of nitrogens with one attached hydrogen (secondary N) is 2. The monoisotopic (exact) mass is 279 g/mol. The summed E-state index contributed by atoms with van der Waals surface area (Å²) >= 11 is 0.637. The van der Waals surface area contributed by atoms with Gasteiger partial charge < -0.3 is 5.32 Å². The van der Waals surface area contributed by atoms with Crippen LogP contribution in [0.1, 0.15) is 6.92 Å². The summed E-state index contributed by atoms with van der Waals surface area (Å²) in [5, 5.41) is 13.1. The minimum absolute atomic E-state index is 0.0141. The molecule has 0 aliphatic rings. The van der Waals surface area contributed by atoms with E-state index in [0.29, 0.717) is 11.3 Å². The van der Waals surface area contributed by atoms with E-state index in [2.05, 4.69) is 10.0 Å². The summed E-state index contributed by atoms with van der Waals surface area (Å²) in [6.07, 6.45) is 0. The van der Waals surface area contributed by atoms with Gasteiger partial charge in [0.1, 0.15) is 4.21 Å². The van der Waals surface area contributed by atoms with Gasteiger partial charge in [-0.1, -0.05) is 0 Å². The Morgan fingerprint density at radius 3 is 2.65 bits per heavy atom. The molecule has 0 bridgehead atoms. The van der Waals surface area contributed by atoms with Crippen molar-refractivity contribution in [1.82, 2.24) is 10.0 Å². The maximum Gasteiger partial charge on any atom is 0.325 e. The van der Waals surface area contributed by atoms with Crippen LogP contribution in [0.3, 0.4) is 0 Å². The Morgan fingerprint density at radius 2 is 2.18 bits per heavy atom. The highest BCUT2D eigenvalue weighted by atomic mass is 32.2. The molecule has 0 saturated carbocycles. The van der Waals surface area contributed by atoms with Gasteiger partial charge in [-0.05, 0) is 31.4 Å². The molecule has 0 radical (unpaired) electrons. The van der Waals surface area contributed by atoms with Gasteiger partial charge in [0.05, 0.1) is 4.92 Å². The molecule has 96 valence electrons. The van der Waals surface area contributed by atoms with E-state index in [-0.39, 0.29) is 21.8 Å². The Balaban J connectivity index is 2.79. The highest BCUT2D eigenvalue weighted by molar-refractivity contribution is 7.91. The minimum atomic E-state index is -3.65. The standard InChI is InChI=1S/C8H13N3O4S2/c1-6(9-2)5-10-17(14,15)8-4-3-7(16-8)11(12)13/h3-4,6,9-10H,5H2,1-2H3. The smallest absolute Gasteiger partial charge is 0.316 e. The Labute approximate surface area is 103 Å². The Bertz CT molecular complexity index is 497. The van der Waals surface area contributed by atoms with Crippen molar-refractivity contribution in [2.45, 2.75) is 17.2 Å². The van der Waals surface area contributed by atoms with Crippen LogP contribution in [0.2, 0.25) is 0 Å². The molecule has 1 aromatic rings. The Hall–Kier alpha value is -1.03. The van der Waals surface area contributed by atoms with E-state index in [4.69, 9.17) is 0 Å². The van der Waals surface area contributed by atoms with Crippen molar-refractivity contribution >= 4 is 26.4 Å². The number of hydrogen-bond donors (Lipinski definition) is 2. The van der Waals surface area contributed by atoms with Gasteiger partial charge in [-0.2, -0.15) is 0 Å². The molecular formula is C8H13N3O4S2. The Kier molecular flexibility index (Phi) is 4.57. The predicted octanol–water partition coefficient (Wildman–Crippen LogP) is 0.543. The van der Waals surface area contributed by atoms with Crippen molar-refractivity contribution in [1.29, 1.82) is 0 Å². The molecule has 17 heavy (non-hydrogen) atoms. The molecule has 9 heteroatoms. The van der Waals surface area contributed by atoms with Crippen LogP contribution in [0.4, 0.5) is 5.00 Å². The Morgan fingerprint density at radius 1 is 1.53 bits per heavy atom. The molecule has 0 spiro atoms. The largest absolute Gasteiger partial charge is 0.325 e. The van der Waals surface area contributed by atoms with Crippen molar-refractivity contribution in [3.05, 3.63) is 22.2 Å². The minimum Gasteiger partial charge on any atom is -0.316 e. The molecule has 1 aromatic heterocycles. The van der Waals surface area contributed by atoms with Gasteiger partial charge in [-0.15, -0.1) is 0 Å². The van der Waals surface area contributed by atoms with Crippen LogP contribution in [0, 0.1) is 10.1 Å². The van der Waals surface area contributed by atoms with Crippen LogP contribution >= 0.6 is 11.3 Å². The van der Waals surface area contributed by atoms with Crippen LogP contribution in [0.15, 0.2) is 16.3 Å². The summed E-state index contributed by atoms with van der Waals surface area (Å²) in [6, 6.07) is 2.40. The van der Waals surface area contributed by atoms with E-state index in [9.17, 15) is 18.5 Å².